The molecule has 3 rings (SSSR count). The minimum absolute atomic E-state index is 0.0111. The van der Waals surface area contributed by atoms with E-state index in [2.05, 4.69) is 26.7 Å². The zero-order chi connectivity index (χ0) is 19.4. The fourth-order valence-electron chi connectivity index (χ4n) is 3.15. The van der Waals surface area contributed by atoms with Gasteiger partial charge in [0.15, 0.2) is 11.6 Å². The highest BCUT2D eigenvalue weighted by Crippen LogP contribution is 2.17. The lowest BCUT2D eigenvalue weighted by molar-refractivity contribution is 0.198. The van der Waals surface area contributed by atoms with Crippen molar-refractivity contribution < 1.29 is 17.2 Å². The van der Waals surface area contributed by atoms with Crippen molar-refractivity contribution in [2.45, 2.75) is 17.9 Å². The van der Waals surface area contributed by atoms with Crippen LogP contribution in [0.15, 0.2) is 53.4 Å². The standard InChI is InChI=1S/C19H23F2N3O2S/c1-15(14-22-27(25,26)17-7-8-18(20)19(21)13-17)23-9-11-24(12-10-23)16-5-3-2-4-6-16/h2-8,13,15,22H,9-12,14H2,1H3/t15-/m0/s1. The predicted molar refractivity (Wildman–Crippen MR) is 101 cm³/mol. The number of anilines is 1. The molecule has 2 aromatic carbocycles. The summed E-state index contributed by atoms with van der Waals surface area (Å²) >= 11 is 0. The van der Waals surface area contributed by atoms with Crippen LogP contribution in [0.5, 0.6) is 0 Å². The molecule has 1 heterocycles. The van der Waals surface area contributed by atoms with Crippen molar-refractivity contribution in [2.75, 3.05) is 37.6 Å². The fourth-order valence-corrected chi connectivity index (χ4v) is 4.28. The zero-order valence-electron chi connectivity index (χ0n) is 15.1. The maximum Gasteiger partial charge on any atom is 0.240 e. The molecule has 0 aliphatic carbocycles. The van der Waals surface area contributed by atoms with Crippen LogP contribution < -0.4 is 9.62 Å². The van der Waals surface area contributed by atoms with E-state index >= 15 is 0 Å². The lowest BCUT2D eigenvalue weighted by atomic mass is 10.2. The number of hydrogen-bond donors (Lipinski definition) is 1. The van der Waals surface area contributed by atoms with Crippen molar-refractivity contribution in [3.63, 3.8) is 0 Å². The monoisotopic (exact) mass is 395 g/mol. The van der Waals surface area contributed by atoms with Gasteiger partial charge in [0.05, 0.1) is 4.90 Å². The Bertz CT molecular complexity index is 870. The number of hydrogen-bond acceptors (Lipinski definition) is 4. The van der Waals surface area contributed by atoms with Crippen molar-refractivity contribution in [3.8, 4) is 0 Å². The number of benzene rings is 2. The van der Waals surface area contributed by atoms with Crippen molar-refractivity contribution in [3.05, 3.63) is 60.2 Å². The zero-order valence-corrected chi connectivity index (χ0v) is 15.9. The molecule has 0 unspecified atom stereocenters. The second-order valence-electron chi connectivity index (χ2n) is 6.64. The van der Waals surface area contributed by atoms with E-state index in [1.54, 1.807) is 0 Å². The van der Waals surface area contributed by atoms with Gasteiger partial charge in [-0.1, -0.05) is 18.2 Å². The average Bonchev–Trinajstić information content (AvgIpc) is 2.69. The molecule has 0 saturated carbocycles. The normalized spacial score (nSPS) is 17.1. The Hall–Kier alpha value is -2.03. The third-order valence-corrected chi connectivity index (χ3v) is 6.25. The van der Waals surface area contributed by atoms with Gasteiger partial charge in [-0.05, 0) is 37.3 Å². The average molecular weight is 395 g/mol. The quantitative estimate of drug-likeness (QED) is 0.816. The molecule has 27 heavy (non-hydrogen) atoms. The van der Waals surface area contributed by atoms with E-state index in [1.165, 1.54) is 5.69 Å². The summed E-state index contributed by atoms with van der Waals surface area (Å²) in [6.07, 6.45) is 0. The van der Waals surface area contributed by atoms with Crippen molar-refractivity contribution in [2.24, 2.45) is 0 Å². The number of halogens is 2. The van der Waals surface area contributed by atoms with Gasteiger partial charge in [-0.15, -0.1) is 0 Å². The molecule has 0 amide bonds. The first kappa shape index (κ1) is 19.7. The van der Waals surface area contributed by atoms with E-state index in [1.807, 2.05) is 25.1 Å². The molecule has 0 spiro atoms. The third-order valence-electron chi connectivity index (χ3n) is 4.83. The van der Waals surface area contributed by atoms with Crippen LogP contribution in [0.4, 0.5) is 14.5 Å². The first-order valence-corrected chi connectivity index (χ1v) is 10.3. The summed E-state index contributed by atoms with van der Waals surface area (Å²) in [6.45, 7) is 5.53. The van der Waals surface area contributed by atoms with E-state index in [4.69, 9.17) is 0 Å². The molecular formula is C19H23F2N3O2S. The van der Waals surface area contributed by atoms with Gasteiger partial charge in [-0.25, -0.2) is 21.9 Å². The highest BCUT2D eigenvalue weighted by Gasteiger charge is 2.23. The Morgan fingerprint density at radius 1 is 1.00 bits per heavy atom. The SMILES string of the molecule is C[C@@H](CNS(=O)(=O)c1ccc(F)c(F)c1)N1CCN(c2ccccc2)CC1. The number of sulfonamides is 1. The van der Waals surface area contributed by atoms with Gasteiger partial charge in [0, 0.05) is 44.5 Å². The van der Waals surface area contributed by atoms with Gasteiger partial charge >= 0.3 is 0 Å². The van der Waals surface area contributed by atoms with Crippen LogP contribution in [0.25, 0.3) is 0 Å². The minimum Gasteiger partial charge on any atom is -0.369 e. The second-order valence-corrected chi connectivity index (χ2v) is 8.40. The molecule has 146 valence electrons. The molecule has 0 bridgehead atoms. The maximum atomic E-state index is 13.3. The van der Waals surface area contributed by atoms with Gasteiger partial charge in [-0.2, -0.15) is 0 Å². The number of nitrogens with one attached hydrogen (secondary N) is 1. The van der Waals surface area contributed by atoms with Crippen LogP contribution >= 0.6 is 0 Å². The molecule has 1 aliphatic heterocycles. The smallest absolute Gasteiger partial charge is 0.240 e. The van der Waals surface area contributed by atoms with Gasteiger partial charge < -0.3 is 4.90 Å². The van der Waals surface area contributed by atoms with Crippen LogP contribution in [0.3, 0.4) is 0 Å². The number of rotatable bonds is 6. The highest BCUT2D eigenvalue weighted by molar-refractivity contribution is 7.89. The Kier molecular flexibility index (Phi) is 6.08. The van der Waals surface area contributed by atoms with Gasteiger partial charge in [-0.3, -0.25) is 4.90 Å². The van der Waals surface area contributed by atoms with Gasteiger partial charge in [0.25, 0.3) is 0 Å². The molecule has 1 fully saturated rings. The fraction of sp³-hybridized carbons (Fsp3) is 0.368. The summed E-state index contributed by atoms with van der Waals surface area (Å²) in [7, 11) is -3.88. The first-order chi connectivity index (χ1) is 12.9. The van der Waals surface area contributed by atoms with E-state index in [0.29, 0.717) is 6.07 Å². The second kappa shape index (κ2) is 8.33. The van der Waals surface area contributed by atoms with Crippen LogP contribution in [0.1, 0.15) is 6.92 Å². The van der Waals surface area contributed by atoms with Crippen LogP contribution in [-0.2, 0) is 10.0 Å². The number of piperazine rings is 1. The lowest BCUT2D eigenvalue weighted by Crippen LogP contribution is -2.52. The summed E-state index contributed by atoms with van der Waals surface area (Å²) in [5, 5.41) is 0. The Balaban J connectivity index is 1.53. The number of para-hydroxylation sites is 1. The summed E-state index contributed by atoms with van der Waals surface area (Å²) < 4.78 is 53.4. The Morgan fingerprint density at radius 2 is 1.67 bits per heavy atom. The largest absolute Gasteiger partial charge is 0.369 e. The predicted octanol–water partition coefficient (Wildman–Crippen LogP) is 2.45. The molecule has 1 aliphatic rings. The van der Waals surface area contributed by atoms with E-state index in [-0.39, 0.29) is 17.5 Å². The van der Waals surface area contributed by atoms with Crippen molar-refractivity contribution >= 4 is 15.7 Å². The van der Waals surface area contributed by atoms with E-state index in [0.717, 1.165) is 38.3 Å². The topological polar surface area (TPSA) is 52.7 Å². The molecule has 0 radical (unpaired) electrons. The molecule has 5 nitrogen and oxygen atoms in total. The summed E-state index contributed by atoms with van der Waals surface area (Å²) in [4.78, 5) is 4.24. The molecule has 1 atom stereocenters. The molecular weight excluding hydrogens is 372 g/mol. The Morgan fingerprint density at radius 3 is 2.30 bits per heavy atom. The number of nitrogens with zero attached hydrogens (tertiary/aromatic N) is 2. The maximum absolute atomic E-state index is 13.3. The van der Waals surface area contributed by atoms with Gasteiger partial charge in [0.1, 0.15) is 0 Å². The lowest BCUT2D eigenvalue weighted by Gasteiger charge is -2.39. The van der Waals surface area contributed by atoms with Crippen LogP contribution in [0, 0.1) is 11.6 Å². The van der Waals surface area contributed by atoms with Crippen LogP contribution in [0.2, 0.25) is 0 Å². The molecule has 2 aromatic rings. The van der Waals surface area contributed by atoms with Crippen LogP contribution in [-0.4, -0.2) is 52.1 Å². The highest BCUT2D eigenvalue weighted by atomic mass is 32.2. The summed E-state index contributed by atoms with van der Waals surface area (Å²) in [5.74, 6) is -2.25. The summed E-state index contributed by atoms with van der Waals surface area (Å²) in [5.41, 5.74) is 1.18. The minimum atomic E-state index is -3.88. The van der Waals surface area contributed by atoms with E-state index < -0.39 is 21.7 Å². The van der Waals surface area contributed by atoms with Crippen molar-refractivity contribution in [1.82, 2.24) is 9.62 Å². The van der Waals surface area contributed by atoms with E-state index in [9.17, 15) is 17.2 Å². The molecule has 8 heteroatoms. The first-order valence-electron chi connectivity index (χ1n) is 8.85. The molecule has 0 aromatic heterocycles. The molecule has 1 N–H and O–H groups in total. The van der Waals surface area contributed by atoms with Crippen molar-refractivity contribution in [1.29, 1.82) is 0 Å². The third kappa shape index (κ3) is 4.82. The molecule has 1 saturated heterocycles. The Labute approximate surface area is 158 Å². The summed E-state index contributed by atoms with van der Waals surface area (Å²) in [6, 6.07) is 12.7. The van der Waals surface area contributed by atoms with Gasteiger partial charge in [0.2, 0.25) is 10.0 Å².